The van der Waals surface area contributed by atoms with Crippen LogP contribution in [0.4, 0.5) is 11.4 Å². The number of carbonyl (C=O) groups excluding carboxylic acids is 2. The normalized spacial score (nSPS) is 22.7. The van der Waals surface area contributed by atoms with Crippen LogP contribution >= 0.6 is 0 Å². The summed E-state index contributed by atoms with van der Waals surface area (Å²) in [7, 11) is 0. The van der Waals surface area contributed by atoms with E-state index in [1.165, 1.54) is 11.1 Å². The lowest BCUT2D eigenvalue weighted by Crippen LogP contribution is -2.44. The van der Waals surface area contributed by atoms with Crippen LogP contribution in [-0.2, 0) is 15.2 Å². The van der Waals surface area contributed by atoms with E-state index in [9.17, 15) is 14.7 Å². The molecule has 0 saturated carbocycles. The first-order valence-corrected chi connectivity index (χ1v) is 13.0. The Morgan fingerprint density at radius 2 is 2.06 bits per heavy atom. The Morgan fingerprint density at radius 1 is 1.28 bits per heavy atom. The van der Waals surface area contributed by atoms with Gasteiger partial charge in [-0.25, -0.2) is 0 Å². The van der Waals surface area contributed by atoms with E-state index in [2.05, 4.69) is 37.5 Å². The second-order valence-electron chi connectivity index (χ2n) is 10.2. The number of allylic oxidation sites excluding steroid dienone is 3. The molecule has 0 aromatic heterocycles. The standard InChI is InChI=1S/C29H41N3O4/c1-20(2)9-7-10-21(3)15-17-32-26-14-13-23(31-27(34)25-12-8-16-30-25)19-24(26)29(36,28(32)35)22(4)11-5-6-18-33/h5,9,11,13-15,19,22,25,30,33,36H,6-8,10,12,16-18H2,1-4H3,(H,31,34)/b11-5+,21-15+/t22-,25-,29+/m1/s1. The van der Waals surface area contributed by atoms with Gasteiger partial charge in [-0.3, -0.25) is 9.59 Å². The van der Waals surface area contributed by atoms with E-state index >= 15 is 0 Å². The molecule has 4 N–H and O–H groups in total. The third kappa shape index (κ3) is 6.33. The van der Waals surface area contributed by atoms with Gasteiger partial charge in [0.25, 0.3) is 5.91 Å². The zero-order valence-electron chi connectivity index (χ0n) is 22.0. The first kappa shape index (κ1) is 27.8. The molecule has 196 valence electrons. The van der Waals surface area contributed by atoms with E-state index in [0.717, 1.165) is 32.2 Å². The molecule has 2 amide bonds. The second-order valence-corrected chi connectivity index (χ2v) is 10.2. The molecule has 1 aromatic carbocycles. The van der Waals surface area contributed by atoms with Gasteiger partial charge in [0.05, 0.1) is 11.7 Å². The highest BCUT2D eigenvalue weighted by atomic mass is 16.3. The van der Waals surface area contributed by atoms with Crippen molar-refractivity contribution in [3.8, 4) is 0 Å². The smallest absolute Gasteiger partial charge is 0.264 e. The van der Waals surface area contributed by atoms with Crippen molar-refractivity contribution in [2.24, 2.45) is 5.92 Å². The van der Waals surface area contributed by atoms with E-state index in [4.69, 9.17) is 5.11 Å². The first-order chi connectivity index (χ1) is 17.2. The molecule has 0 spiro atoms. The maximum atomic E-state index is 13.7. The zero-order chi connectivity index (χ0) is 26.3. The summed E-state index contributed by atoms with van der Waals surface area (Å²) in [6, 6.07) is 5.09. The topological polar surface area (TPSA) is 102 Å². The number of fused-ring (bicyclic) bond motifs is 1. The molecule has 0 bridgehead atoms. The van der Waals surface area contributed by atoms with Crippen LogP contribution in [0.3, 0.4) is 0 Å². The van der Waals surface area contributed by atoms with Crippen molar-refractivity contribution >= 4 is 23.2 Å². The number of carbonyl (C=O) groups is 2. The first-order valence-electron chi connectivity index (χ1n) is 13.0. The number of aliphatic hydroxyl groups excluding tert-OH is 1. The molecule has 3 atom stereocenters. The highest BCUT2D eigenvalue weighted by molar-refractivity contribution is 6.08. The lowest BCUT2D eigenvalue weighted by atomic mass is 9.82. The minimum atomic E-state index is -1.77. The Labute approximate surface area is 215 Å². The number of nitrogens with zero attached hydrogens (tertiary/aromatic N) is 1. The zero-order valence-corrected chi connectivity index (χ0v) is 22.0. The lowest BCUT2D eigenvalue weighted by Gasteiger charge is -2.27. The summed E-state index contributed by atoms with van der Waals surface area (Å²) in [5.74, 6) is -1.01. The predicted octanol–water partition coefficient (Wildman–Crippen LogP) is 4.18. The third-order valence-corrected chi connectivity index (χ3v) is 7.01. The van der Waals surface area contributed by atoms with E-state index in [0.29, 0.717) is 29.9 Å². The van der Waals surface area contributed by atoms with Gasteiger partial charge in [-0.2, -0.15) is 0 Å². The maximum Gasteiger partial charge on any atom is 0.264 e. The minimum absolute atomic E-state index is 0.000501. The number of rotatable bonds is 11. The van der Waals surface area contributed by atoms with Gasteiger partial charge in [-0.05, 0) is 77.6 Å². The van der Waals surface area contributed by atoms with Gasteiger partial charge in [0, 0.05) is 30.3 Å². The number of amides is 2. The van der Waals surface area contributed by atoms with Crippen molar-refractivity contribution in [3.05, 3.63) is 59.2 Å². The van der Waals surface area contributed by atoms with E-state index < -0.39 is 11.5 Å². The van der Waals surface area contributed by atoms with Crippen LogP contribution in [0, 0.1) is 5.92 Å². The van der Waals surface area contributed by atoms with Crippen molar-refractivity contribution < 1.29 is 19.8 Å². The fraction of sp³-hybridized carbons (Fsp3) is 0.517. The number of hydrogen-bond donors (Lipinski definition) is 4. The summed E-state index contributed by atoms with van der Waals surface area (Å²) >= 11 is 0. The molecule has 2 heterocycles. The molecule has 7 heteroatoms. The van der Waals surface area contributed by atoms with Gasteiger partial charge >= 0.3 is 0 Å². The molecule has 1 aromatic rings. The number of hydrogen-bond acceptors (Lipinski definition) is 5. The number of aliphatic hydroxyl groups is 2. The van der Waals surface area contributed by atoms with Crippen LogP contribution in [0.2, 0.25) is 0 Å². The molecule has 0 unspecified atom stereocenters. The third-order valence-electron chi connectivity index (χ3n) is 7.01. The number of nitrogens with one attached hydrogen (secondary N) is 2. The van der Waals surface area contributed by atoms with Crippen molar-refractivity contribution in [1.82, 2.24) is 5.32 Å². The van der Waals surface area contributed by atoms with Crippen LogP contribution in [0.25, 0.3) is 0 Å². The van der Waals surface area contributed by atoms with Crippen LogP contribution < -0.4 is 15.5 Å². The minimum Gasteiger partial charge on any atom is -0.396 e. The number of benzene rings is 1. The largest absolute Gasteiger partial charge is 0.396 e. The number of anilines is 2. The van der Waals surface area contributed by atoms with Gasteiger partial charge < -0.3 is 25.7 Å². The molecular weight excluding hydrogens is 454 g/mol. The van der Waals surface area contributed by atoms with Crippen LogP contribution in [-0.4, -0.2) is 47.8 Å². The van der Waals surface area contributed by atoms with Gasteiger partial charge in [0.15, 0.2) is 5.60 Å². The van der Waals surface area contributed by atoms with Crippen molar-refractivity contribution in [3.63, 3.8) is 0 Å². The molecule has 7 nitrogen and oxygen atoms in total. The summed E-state index contributed by atoms with van der Waals surface area (Å²) in [6.45, 7) is 9.20. The van der Waals surface area contributed by atoms with E-state index in [-0.39, 0.29) is 24.5 Å². The fourth-order valence-corrected chi connectivity index (χ4v) is 4.80. The summed E-state index contributed by atoms with van der Waals surface area (Å²) in [5, 5.41) is 27.1. The SMILES string of the molecule is CC(C)=CCC/C(C)=C/CN1C(=O)[C@](O)([C@H](C)/C=C/CCO)c2cc(NC(=O)[C@H]3CCCN3)ccc21. The van der Waals surface area contributed by atoms with E-state index in [1.54, 1.807) is 42.2 Å². The quantitative estimate of drug-likeness (QED) is 0.345. The van der Waals surface area contributed by atoms with Gasteiger partial charge in [-0.1, -0.05) is 42.4 Å². The van der Waals surface area contributed by atoms with E-state index in [1.807, 2.05) is 6.08 Å². The molecule has 0 aliphatic carbocycles. The van der Waals surface area contributed by atoms with Crippen molar-refractivity contribution in [2.45, 2.75) is 71.4 Å². The van der Waals surface area contributed by atoms with Gasteiger partial charge in [0.2, 0.25) is 5.91 Å². The molecule has 2 aliphatic rings. The average molecular weight is 496 g/mol. The Morgan fingerprint density at radius 3 is 2.72 bits per heavy atom. The summed E-state index contributed by atoms with van der Waals surface area (Å²) < 4.78 is 0. The van der Waals surface area contributed by atoms with Crippen molar-refractivity contribution in [1.29, 1.82) is 0 Å². The van der Waals surface area contributed by atoms with Crippen LogP contribution in [0.15, 0.2) is 53.6 Å². The summed E-state index contributed by atoms with van der Waals surface area (Å²) in [4.78, 5) is 28.0. The molecule has 0 radical (unpaired) electrons. The molecular formula is C29H41N3O4. The highest BCUT2D eigenvalue weighted by Gasteiger charge is 2.52. The molecule has 3 rings (SSSR count). The molecule has 1 saturated heterocycles. The van der Waals surface area contributed by atoms with Gasteiger partial charge in [0.1, 0.15) is 0 Å². The Balaban J connectivity index is 1.89. The second kappa shape index (κ2) is 12.5. The average Bonchev–Trinajstić information content (AvgIpc) is 3.45. The van der Waals surface area contributed by atoms with Gasteiger partial charge in [-0.15, -0.1) is 0 Å². The van der Waals surface area contributed by atoms with Crippen LogP contribution in [0.1, 0.15) is 65.4 Å². The summed E-state index contributed by atoms with van der Waals surface area (Å²) in [5.41, 5.74) is 2.39. The van der Waals surface area contributed by atoms with Crippen LogP contribution in [0.5, 0.6) is 0 Å². The van der Waals surface area contributed by atoms with Crippen molar-refractivity contribution in [2.75, 3.05) is 29.9 Å². The summed E-state index contributed by atoms with van der Waals surface area (Å²) in [6.07, 6.45) is 11.9. The Bertz CT molecular complexity index is 1030. The maximum absolute atomic E-state index is 13.7. The monoisotopic (exact) mass is 495 g/mol. The Hall–Kier alpha value is -2.74. The predicted molar refractivity (Wildman–Crippen MR) is 145 cm³/mol. The highest BCUT2D eigenvalue weighted by Crippen LogP contribution is 2.46. The fourth-order valence-electron chi connectivity index (χ4n) is 4.80. The molecule has 1 fully saturated rings. The Kier molecular flexibility index (Phi) is 9.65. The molecule has 2 aliphatic heterocycles. The lowest BCUT2D eigenvalue weighted by molar-refractivity contribution is -0.139. The molecule has 36 heavy (non-hydrogen) atoms.